The molecule has 0 aromatic rings. The second-order valence-electron chi connectivity index (χ2n) is 2.02. The van der Waals surface area contributed by atoms with Crippen LogP contribution in [-0.4, -0.2) is 11.5 Å². The van der Waals surface area contributed by atoms with Crippen molar-refractivity contribution >= 4 is 34.0 Å². The number of rotatable bonds is 1. The summed E-state index contributed by atoms with van der Waals surface area (Å²) in [6, 6.07) is 0. The van der Waals surface area contributed by atoms with Crippen molar-refractivity contribution in [2.24, 2.45) is 0 Å². The number of carbonyl (C=O) groups excluding carboxylic acids is 1. The molecule has 9 heavy (non-hydrogen) atoms. The minimum Gasteiger partial charge on any atom is -0.297 e. The maximum absolute atomic E-state index is 10.3. The van der Waals surface area contributed by atoms with Gasteiger partial charge < -0.3 is 0 Å². The van der Waals surface area contributed by atoms with Gasteiger partial charge in [0, 0.05) is 9.73 Å². The molecule has 1 aliphatic heterocycles. The van der Waals surface area contributed by atoms with Crippen LogP contribution >= 0.6 is 27.7 Å². The highest BCUT2D eigenvalue weighted by molar-refractivity contribution is 9.11. The largest absolute Gasteiger partial charge is 0.297 e. The zero-order valence-electron chi connectivity index (χ0n) is 5.06. The summed E-state index contributed by atoms with van der Waals surface area (Å²) in [4.78, 5) is 11.1. The molecule has 0 aromatic heterocycles. The summed E-state index contributed by atoms with van der Waals surface area (Å²) in [6.07, 6.45) is 1.91. The molecule has 0 saturated carbocycles. The fourth-order valence-corrected chi connectivity index (χ4v) is 2.79. The minimum absolute atomic E-state index is 0.569. The van der Waals surface area contributed by atoms with Gasteiger partial charge in [-0.3, -0.25) is 4.79 Å². The summed E-state index contributed by atoms with van der Waals surface area (Å²) in [5.41, 5.74) is 0. The Morgan fingerprint density at radius 1 is 1.89 bits per heavy atom. The van der Waals surface area contributed by atoms with Crippen LogP contribution in [-0.2, 0) is 4.79 Å². The number of thioether (sulfide) groups is 1. The molecular formula is C6H7BrOS. The number of halogens is 1. The maximum atomic E-state index is 10.3. The lowest BCUT2D eigenvalue weighted by molar-refractivity contribution is -0.104. The first kappa shape index (κ1) is 7.35. The molecule has 0 radical (unpaired) electrons. The van der Waals surface area contributed by atoms with Gasteiger partial charge in [-0.1, -0.05) is 22.9 Å². The molecule has 1 heterocycles. The quantitative estimate of drug-likeness (QED) is 0.613. The third-order valence-corrected chi connectivity index (χ3v) is 3.35. The van der Waals surface area contributed by atoms with Gasteiger partial charge in [0.2, 0.25) is 0 Å². The number of aldehydes is 1. The molecule has 0 bridgehead atoms. The summed E-state index contributed by atoms with van der Waals surface area (Å²) >= 11 is 4.97. The van der Waals surface area contributed by atoms with E-state index in [-0.39, 0.29) is 0 Å². The Bertz CT molecular complexity index is 164. The SMILES string of the molecule is CC1CC(Br)=C(C=O)S1. The molecule has 0 saturated heterocycles. The molecule has 1 nitrogen and oxygen atoms in total. The van der Waals surface area contributed by atoms with Gasteiger partial charge in [0.1, 0.15) is 0 Å². The predicted molar refractivity (Wildman–Crippen MR) is 43.7 cm³/mol. The van der Waals surface area contributed by atoms with E-state index in [1.807, 2.05) is 0 Å². The fraction of sp³-hybridized carbons (Fsp3) is 0.500. The summed E-state index contributed by atoms with van der Waals surface area (Å²) in [6.45, 7) is 2.11. The molecule has 0 aromatic carbocycles. The smallest absolute Gasteiger partial charge is 0.157 e. The van der Waals surface area contributed by atoms with Gasteiger partial charge in [0.05, 0.1) is 4.91 Å². The van der Waals surface area contributed by atoms with E-state index in [2.05, 4.69) is 22.9 Å². The highest BCUT2D eigenvalue weighted by atomic mass is 79.9. The van der Waals surface area contributed by atoms with E-state index in [4.69, 9.17) is 0 Å². The zero-order chi connectivity index (χ0) is 6.85. The standard InChI is InChI=1S/C6H7BrOS/c1-4-2-5(7)6(3-8)9-4/h3-4H,2H2,1H3. The van der Waals surface area contributed by atoms with Crippen molar-refractivity contribution < 1.29 is 4.79 Å². The fourth-order valence-electron chi connectivity index (χ4n) is 0.767. The van der Waals surface area contributed by atoms with Gasteiger partial charge in [0.15, 0.2) is 6.29 Å². The Hall–Kier alpha value is 0.240. The average molecular weight is 207 g/mol. The lowest BCUT2D eigenvalue weighted by Crippen LogP contribution is -1.85. The topological polar surface area (TPSA) is 17.1 Å². The Labute approximate surface area is 67.0 Å². The molecule has 0 fully saturated rings. The first-order valence-corrected chi connectivity index (χ1v) is 4.41. The van der Waals surface area contributed by atoms with Crippen molar-refractivity contribution in [3.63, 3.8) is 0 Å². The highest BCUT2D eigenvalue weighted by Crippen LogP contribution is 2.38. The number of hydrogen-bond acceptors (Lipinski definition) is 2. The van der Waals surface area contributed by atoms with Crippen LogP contribution in [0.3, 0.4) is 0 Å². The van der Waals surface area contributed by atoms with Crippen LogP contribution in [0, 0.1) is 0 Å². The Morgan fingerprint density at radius 2 is 2.56 bits per heavy atom. The molecule has 0 amide bonds. The Morgan fingerprint density at radius 3 is 2.78 bits per heavy atom. The Kier molecular flexibility index (Phi) is 2.35. The van der Waals surface area contributed by atoms with Crippen molar-refractivity contribution in [3.8, 4) is 0 Å². The van der Waals surface area contributed by atoms with Crippen molar-refractivity contribution in [1.82, 2.24) is 0 Å². The van der Waals surface area contributed by atoms with Crippen LogP contribution in [0.4, 0.5) is 0 Å². The van der Waals surface area contributed by atoms with Gasteiger partial charge in [-0.05, 0) is 6.42 Å². The number of hydrogen-bond donors (Lipinski definition) is 0. The Balaban J connectivity index is 2.69. The van der Waals surface area contributed by atoms with E-state index in [1.165, 1.54) is 0 Å². The molecule has 3 heteroatoms. The molecule has 0 N–H and O–H groups in total. The first-order valence-electron chi connectivity index (χ1n) is 2.74. The predicted octanol–water partition coefficient (Wildman–Crippen LogP) is 2.32. The van der Waals surface area contributed by atoms with Crippen molar-refractivity contribution in [2.75, 3.05) is 0 Å². The third kappa shape index (κ3) is 1.58. The number of allylic oxidation sites excluding steroid dienone is 2. The lowest BCUT2D eigenvalue weighted by atomic mass is 10.3. The van der Waals surface area contributed by atoms with Crippen molar-refractivity contribution in [3.05, 3.63) is 9.39 Å². The molecule has 1 rings (SSSR count). The van der Waals surface area contributed by atoms with Crippen LogP contribution in [0.5, 0.6) is 0 Å². The van der Waals surface area contributed by atoms with Gasteiger partial charge in [0.25, 0.3) is 0 Å². The van der Waals surface area contributed by atoms with E-state index in [1.54, 1.807) is 11.8 Å². The van der Waals surface area contributed by atoms with Crippen LogP contribution in [0.1, 0.15) is 13.3 Å². The van der Waals surface area contributed by atoms with Crippen LogP contribution in [0.2, 0.25) is 0 Å². The third-order valence-electron chi connectivity index (χ3n) is 1.17. The van der Waals surface area contributed by atoms with Crippen LogP contribution in [0.25, 0.3) is 0 Å². The normalized spacial score (nSPS) is 27.1. The molecule has 1 atom stereocenters. The van der Waals surface area contributed by atoms with Crippen LogP contribution < -0.4 is 0 Å². The summed E-state index contributed by atoms with van der Waals surface area (Å²) < 4.78 is 1.06. The average Bonchev–Trinajstić information content (AvgIpc) is 2.10. The molecule has 0 spiro atoms. The van der Waals surface area contributed by atoms with Crippen LogP contribution in [0.15, 0.2) is 9.39 Å². The summed E-state index contributed by atoms with van der Waals surface area (Å²) in [5, 5.41) is 0.569. The van der Waals surface area contributed by atoms with E-state index >= 15 is 0 Å². The lowest BCUT2D eigenvalue weighted by Gasteiger charge is -1.94. The summed E-state index contributed by atoms with van der Waals surface area (Å²) in [7, 11) is 0. The zero-order valence-corrected chi connectivity index (χ0v) is 7.46. The van der Waals surface area contributed by atoms with Gasteiger partial charge >= 0.3 is 0 Å². The molecule has 50 valence electrons. The monoisotopic (exact) mass is 206 g/mol. The molecule has 1 aliphatic rings. The van der Waals surface area contributed by atoms with E-state index in [0.717, 1.165) is 22.1 Å². The van der Waals surface area contributed by atoms with Gasteiger partial charge in [-0.25, -0.2) is 0 Å². The molecule has 0 aliphatic carbocycles. The second kappa shape index (κ2) is 2.88. The van der Waals surface area contributed by atoms with E-state index < -0.39 is 0 Å². The minimum atomic E-state index is 0.569. The van der Waals surface area contributed by atoms with E-state index in [0.29, 0.717) is 5.25 Å². The van der Waals surface area contributed by atoms with Crippen molar-refractivity contribution in [1.29, 1.82) is 0 Å². The van der Waals surface area contributed by atoms with Gasteiger partial charge in [-0.2, -0.15) is 0 Å². The summed E-state index contributed by atoms with van der Waals surface area (Å²) in [5.74, 6) is 0. The van der Waals surface area contributed by atoms with Crippen molar-refractivity contribution in [2.45, 2.75) is 18.6 Å². The molecule has 1 unspecified atom stereocenters. The maximum Gasteiger partial charge on any atom is 0.157 e. The second-order valence-corrected chi connectivity index (χ2v) is 4.46. The van der Waals surface area contributed by atoms with E-state index in [9.17, 15) is 4.79 Å². The highest BCUT2D eigenvalue weighted by Gasteiger charge is 2.18. The number of carbonyl (C=O) groups is 1. The first-order chi connectivity index (χ1) is 4.24. The van der Waals surface area contributed by atoms with Gasteiger partial charge in [-0.15, -0.1) is 11.8 Å². The molecular weight excluding hydrogens is 200 g/mol.